The van der Waals surface area contributed by atoms with Gasteiger partial charge in [0.15, 0.2) is 0 Å². The maximum atomic E-state index is 12.0. The summed E-state index contributed by atoms with van der Waals surface area (Å²) in [5, 5.41) is 2.73. The zero-order valence-corrected chi connectivity index (χ0v) is 9.32. The fourth-order valence-electron chi connectivity index (χ4n) is 2.36. The number of nitrogens with one attached hydrogen (secondary N) is 1. The third-order valence-corrected chi connectivity index (χ3v) is 3.48. The average Bonchev–Trinajstić information content (AvgIpc) is 2.11. The third kappa shape index (κ3) is 1.62. The van der Waals surface area contributed by atoms with Gasteiger partial charge in [-0.3, -0.25) is 9.59 Å². The molecule has 0 bridgehead atoms. The Morgan fingerprint density at radius 3 is 2.53 bits per heavy atom. The highest BCUT2D eigenvalue weighted by molar-refractivity contribution is 5.96. The second-order valence-electron chi connectivity index (χ2n) is 4.48. The fourth-order valence-corrected chi connectivity index (χ4v) is 2.36. The van der Waals surface area contributed by atoms with Gasteiger partial charge in [0, 0.05) is 6.04 Å². The van der Waals surface area contributed by atoms with Gasteiger partial charge in [0.1, 0.15) is 12.1 Å². The van der Waals surface area contributed by atoms with Crippen LogP contribution in [0.5, 0.6) is 0 Å². The third-order valence-electron chi connectivity index (χ3n) is 3.48. The lowest BCUT2D eigenvalue weighted by Crippen LogP contribution is -2.65. The highest BCUT2D eigenvalue weighted by Crippen LogP contribution is 2.29. The van der Waals surface area contributed by atoms with E-state index in [4.69, 9.17) is 0 Å². The molecule has 0 aromatic rings. The molecule has 2 fully saturated rings. The Kier molecular flexibility index (Phi) is 2.67. The Morgan fingerprint density at radius 2 is 2.07 bits per heavy atom. The number of nitrogens with zero attached hydrogens (tertiary/aromatic N) is 1. The van der Waals surface area contributed by atoms with Gasteiger partial charge in [-0.2, -0.15) is 0 Å². The molecule has 1 heterocycles. The number of rotatable bonds is 2. The Balaban J connectivity index is 2.19. The van der Waals surface area contributed by atoms with Crippen LogP contribution in [-0.2, 0) is 9.59 Å². The van der Waals surface area contributed by atoms with Crippen LogP contribution in [-0.4, -0.2) is 34.8 Å². The van der Waals surface area contributed by atoms with Gasteiger partial charge in [-0.25, -0.2) is 0 Å². The Bertz CT molecular complexity index is 286. The quantitative estimate of drug-likeness (QED) is 0.728. The fraction of sp³-hybridized carbons (Fsp3) is 0.818. The SMILES string of the molecule is CCC1C(=O)NC(C)C(=O)N1C1CCC1. The van der Waals surface area contributed by atoms with E-state index in [-0.39, 0.29) is 23.9 Å². The predicted molar refractivity (Wildman–Crippen MR) is 56.2 cm³/mol. The van der Waals surface area contributed by atoms with Gasteiger partial charge >= 0.3 is 0 Å². The van der Waals surface area contributed by atoms with Crippen LogP contribution in [0.1, 0.15) is 39.5 Å². The topological polar surface area (TPSA) is 49.4 Å². The van der Waals surface area contributed by atoms with Crippen molar-refractivity contribution in [2.45, 2.75) is 57.7 Å². The van der Waals surface area contributed by atoms with Crippen LogP contribution >= 0.6 is 0 Å². The van der Waals surface area contributed by atoms with Crippen molar-refractivity contribution in [1.29, 1.82) is 0 Å². The van der Waals surface area contributed by atoms with Gasteiger partial charge in [-0.1, -0.05) is 6.92 Å². The first-order chi connectivity index (χ1) is 7.15. The van der Waals surface area contributed by atoms with Crippen LogP contribution in [0.2, 0.25) is 0 Å². The molecule has 2 unspecified atom stereocenters. The molecule has 0 aromatic carbocycles. The summed E-state index contributed by atoms with van der Waals surface area (Å²) in [6.07, 6.45) is 4.01. The van der Waals surface area contributed by atoms with Crippen molar-refractivity contribution < 1.29 is 9.59 Å². The summed E-state index contributed by atoms with van der Waals surface area (Å²) in [6, 6.07) is -0.268. The van der Waals surface area contributed by atoms with Crippen molar-refractivity contribution in [3.63, 3.8) is 0 Å². The molecule has 1 N–H and O–H groups in total. The largest absolute Gasteiger partial charge is 0.343 e. The molecule has 0 radical (unpaired) electrons. The van der Waals surface area contributed by atoms with E-state index in [1.807, 2.05) is 11.8 Å². The minimum Gasteiger partial charge on any atom is -0.343 e. The number of carbonyl (C=O) groups excluding carboxylic acids is 2. The standard InChI is InChI=1S/C11H18N2O2/c1-3-9-10(14)12-7(2)11(15)13(9)8-5-4-6-8/h7-9H,3-6H2,1-2H3,(H,12,14). The van der Waals surface area contributed by atoms with Crippen molar-refractivity contribution in [3.8, 4) is 0 Å². The molecule has 0 spiro atoms. The van der Waals surface area contributed by atoms with Crippen molar-refractivity contribution in [2.24, 2.45) is 0 Å². The van der Waals surface area contributed by atoms with E-state index < -0.39 is 0 Å². The van der Waals surface area contributed by atoms with E-state index in [0.29, 0.717) is 12.5 Å². The normalized spacial score (nSPS) is 32.5. The summed E-state index contributed by atoms with van der Waals surface area (Å²) in [7, 11) is 0. The van der Waals surface area contributed by atoms with Crippen molar-refractivity contribution >= 4 is 11.8 Å². The maximum Gasteiger partial charge on any atom is 0.245 e. The molecule has 1 saturated heterocycles. The molecular formula is C11H18N2O2. The summed E-state index contributed by atoms with van der Waals surface area (Å²) < 4.78 is 0. The zero-order valence-electron chi connectivity index (χ0n) is 9.32. The van der Waals surface area contributed by atoms with Crippen molar-refractivity contribution in [3.05, 3.63) is 0 Å². The van der Waals surface area contributed by atoms with Gasteiger partial charge < -0.3 is 10.2 Å². The Labute approximate surface area is 90.0 Å². The van der Waals surface area contributed by atoms with Gasteiger partial charge in [0.2, 0.25) is 11.8 Å². The van der Waals surface area contributed by atoms with E-state index in [1.54, 1.807) is 6.92 Å². The van der Waals surface area contributed by atoms with Crippen LogP contribution in [0.25, 0.3) is 0 Å². The van der Waals surface area contributed by atoms with E-state index in [2.05, 4.69) is 5.32 Å². The molecule has 0 aromatic heterocycles. The molecule has 1 aliphatic carbocycles. The van der Waals surface area contributed by atoms with E-state index in [1.165, 1.54) is 6.42 Å². The van der Waals surface area contributed by atoms with E-state index in [9.17, 15) is 9.59 Å². The minimum absolute atomic E-state index is 0.0106. The molecule has 2 amide bonds. The zero-order chi connectivity index (χ0) is 11.0. The van der Waals surface area contributed by atoms with E-state index in [0.717, 1.165) is 12.8 Å². The first-order valence-electron chi connectivity index (χ1n) is 5.77. The molecule has 84 valence electrons. The summed E-state index contributed by atoms with van der Waals surface area (Å²) in [5.41, 5.74) is 0. The lowest BCUT2D eigenvalue weighted by Gasteiger charge is -2.45. The second-order valence-corrected chi connectivity index (χ2v) is 4.48. The molecular weight excluding hydrogens is 192 g/mol. The van der Waals surface area contributed by atoms with Gasteiger partial charge in [0.05, 0.1) is 0 Å². The van der Waals surface area contributed by atoms with Crippen LogP contribution in [0.3, 0.4) is 0 Å². The molecule has 4 heteroatoms. The number of piperazine rings is 1. The number of hydrogen-bond acceptors (Lipinski definition) is 2. The predicted octanol–water partition coefficient (Wildman–Crippen LogP) is 0.664. The van der Waals surface area contributed by atoms with Crippen LogP contribution in [0.4, 0.5) is 0 Å². The molecule has 15 heavy (non-hydrogen) atoms. The first-order valence-corrected chi connectivity index (χ1v) is 5.77. The first kappa shape index (κ1) is 10.5. The molecule has 1 aliphatic heterocycles. The summed E-state index contributed by atoms with van der Waals surface area (Å²) >= 11 is 0. The van der Waals surface area contributed by atoms with Gasteiger partial charge in [-0.05, 0) is 32.6 Å². The summed E-state index contributed by atoms with van der Waals surface area (Å²) in [5.74, 6) is 0.0997. The average molecular weight is 210 g/mol. The summed E-state index contributed by atoms with van der Waals surface area (Å²) in [6.45, 7) is 3.72. The monoisotopic (exact) mass is 210 g/mol. The minimum atomic E-state index is -0.346. The molecule has 2 atom stereocenters. The summed E-state index contributed by atoms with van der Waals surface area (Å²) in [4.78, 5) is 25.5. The highest BCUT2D eigenvalue weighted by Gasteiger charge is 2.42. The van der Waals surface area contributed by atoms with Crippen LogP contribution < -0.4 is 5.32 Å². The van der Waals surface area contributed by atoms with Crippen LogP contribution in [0.15, 0.2) is 0 Å². The van der Waals surface area contributed by atoms with E-state index >= 15 is 0 Å². The maximum absolute atomic E-state index is 12.0. The van der Waals surface area contributed by atoms with Crippen LogP contribution in [0, 0.1) is 0 Å². The lowest BCUT2D eigenvalue weighted by atomic mass is 9.88. The number of amides is 2. The van der Waals surface area contributed by atoms with Gasteiger partial charge in [-0.15, -0.1) is 0 Å². The lowest BCUT2D eigenvalue weighted by molar-refractivity contribution is -0.153. The molecule has 2 rings (SSSR count). The van der Waals surface area contributed by atoms with Gasteiger partial charge in [0.25, 0.3) is 0 Å². The molecule has 4 nitrogen and oxygen atoms in total. The molecule has 2 aliphatic rings. The Morgan fingerprint density at radius 1 is 1.40 bits per heavy atom. The smallest absolute Gasteiger partial charge is 0.245 e. The highest BCUT2D eigenvalue weighted by atomic mass is 16.2. The van der Waals surface area contributed by atoms with Crippen molar-refractivity contribution in [1.82, 2.24) is 10.2 Å². The Hall–Kier alpha value is -1.06. The molecule has 1 saturated carbocycles. The number of carbonyl (C=O) groups is 2. The van der Waals surface area contributed by atoms with Crippen molar-refractivity contribution in [2.75, 3.05) is 0 Å². The number of hydrogen-bond donors (Lipinski definition) is 1. The second kappa shape index (κ2) is 3.83.